The Labute approximate surface area is 123 Å². The van der Waals surface area contributed by atoms with Gasteiger partial charge in [0.2, 0.25) is 0 Å². The summed E-state index contributed by atoms with van der Waals surface area (Å²) >= 11 is 0. The molecule has 0 saturated heterocycles. The number of nitrogens with one attached hydrogen (secondary N) is 2. The number of rotatable bonds is 6. The molecule has 0 radical (unpaired) electrons. The van der Waals surface area contributed by atoms with Gasteiger partial charge in [0.1, 0.15) is 0 Å². The molecule has 2 amide bonds. The average molecular weight is 289 g/mol. The Balaban J connectivity index is 1.84. The predicted octanol–water partition coefficient (Wildman–Crippen LogP) is 2.62. The summed E-state index contributed by atoms with van der Waals surface area (Å²) in [6, 6.07) is 10.8. The molecular formula is C15H19N3O3. The molecule has 0 aliphatic heterocycles. The van der Waals surface area contributed by atoms with E-state index in [1.54, 1.807) is 6.07 Å². The van der Waals surface area contributed by atoms with Crippen molar-refractivity contribution >= 4 is 11.8 Å². The lowest BCUT2D eigenvalue weighted by Crippen LogP contribution is -2.31. The van der Waals surface area contributed by atoms with Crippen molar-refractivity contribution in [3.8, 4) is 11.3 Å². The summed E-state index contributed by atoms with van der Waals surface area (Å²) in [5.41, 5.74) is 0.893. The van der Waals surface area contributed by atoms with Crippen LogP contribution in [0.25, 0.3) is 11.3 Å². The molecule has 1 atom stereocenters. The highest BCUT2D eigenvalue weighted by Gasteiger charge is 2.09. The third kappa shape index (κ3) is 4.61. The van der Waals surface area contributed by atoms with Gasteiger partial charge in [0.25, 0.3) is 0 Å². The van der Waals surface area contributed by atoms with Crippen LogP contribution in [0.15, 0.2) is 40.9 Å². The first-order valence-corrected chi connectivity index (χ1v) is 6.94. The highest BCUT2D eigenvalue weighted by Crippen LogP contribution is 2.21. The van der Waals surface area contributed by atoms with Gasteiger partial charge >= 0.3 is 6.03 Å². The predicted molar refractivity (Wildman–Crippen MR) is 79.9 cm³/mol. The van der Waals surface area contributed by atoms with Crippen LogP contribution in [0.5, 0.6) is 0 Å². The molecule has 1 heterocycles. The molecule has 0 bridgehead atoms. The zero-order valence-corrected chi connectivity index (χ0v) is 11.9. The van der Waals surface area contributed by atoms with E-state index in [-0.39, 0.29) is 12.1 Å². The van der Waals surface area contributed by atoms with Crippen LogP contribution in [-0.2, 0) is 0 Å². The first-order valence-electron chi connectivity index (χ1n) is 6.94. The van der Waals surface area contributed by atoms with E-state index in [0.29, 0.717) is 31.0 Å². The van der Waals surface area contributed by atoms with E-state index < -0.39 is 0 Å². The van der Waals surface area contributed by atoms with Crippen molar-refractivity contribution in [1.29, 1.82) is 0 Å². The molecule has 2 aromatic rings. The molecule has 0 aliphatic carbocycles. The van der Waals surface area contributed by atoms with Gasteiger partial charge in [0, 0.05) is 18.2 Å². The highest BCUT2D eigenvalue weighted by molar-refractivity contribution is 5.88. The second-order valence-corrected chi connectivity index (χ2v) is 4.67. The van der Waals surface area contributed by atoms with Gasteiger partial charge in [-0.15, -0.1) is 0 Å². The van der Waals surface area contributed by atoms with Crippen molar-refractivity contribution in [3.63, 3.8) is 0 Å². The molecular weight excluding hydrogens is 270 g/mol. The largest absolute Gasteiger partial charge is 0.393 e. The summed E-state index contributed by atoms with van der Waals surface area (Å²) < 4.78 is 5.18. The number of aliphatic hydroxyl groups is 1. The van der Waals surface area contributed by atoms with Crippen LogP contribution in [0.2, 0.25) is 0 Å². The number of aliphatic hydroxyl groups excluding tert-OH is 1. The molecule has 0 spiro atoms. The minimum absolute atomic E-state index is 0.349. The Morgan fingerprint density at radius 3 is 2.86 bits per heavy atom. The zero-order valence-electron chi connectivity index (χ0n) is 11.9. The first kappa shape index (κ1) is 15.1. The van der Waals surface area contributed by atoms with E-state index in [0.717, 1.165) is 5.56 Å². The molecule has 3 N–H and O–H groups in total. The molecule has 2 rings (SSSR count). The Bertz CT molecular complexity index is 569. The third-order valence-electron chi connectivity index (χ3n) is 3.04. The summed E-state index contributed by atoms with van der Waals surface area (Å²) in [5, 5.41) is 18.4. The standard InChI is InChI=1S/C15H19N3O3/c1-2-12(19)8-9-16-15(20)17-14-10-13(21-18-14)11-6-4-3-5-7-11/h3-7,10,12,19H,2,8-9H2,1H3,(H2,16,17,18,20). The maximum Gasteiger partial charge on any atom is 0.320 e. The molecule has 6 heteroatoms. The van der Waals surface area contributed by atoms with Crippen LogP contribution >= 0.6 is 0 Å². The van der Waals surface area contributed by atoms with E-state index in [4.69, 9.17) is 4.52 Å². The molecule has 1 aromatic carbocycles. The number of urea groups is 1. The summed E-state index contributed by atoms with van der Waals surface area (Å²) in [6.07, 6.45) is 0.812. The number of hydrogen-bond donors (Lipinski definition) is 3. The minimum Gasteiger partial charge on any atom is -0.393 e. The number of anilines is 1. The second-order valence-electron chi connectivity index (χ2n) is 4.67. The van der Waals surface area contributed by atoms with Crippen molar-refractivity contribution in [2.24, 2.45) is 0 Å². The molecule has 1 unspecified atom stereocenters. The monoisotopic (exact) mass is 289 g/mol. The summed E-state index contributed by atoms with van der Waals surface area (Å²) in [7, 11) is 0. The van der Waals surface area contributed by atoms with Crippen LogP contribution in [0.1, 0.15) is 19.8 Å². The van der Waals surface area contributed by atoms with Crippen molar-refractivity contribution < 1.29 is 14.4 Å². The number of benzene rings is 1. The normalized spacial score (nSPS) is 11.9. The number of carbonyl (C=O) groups is 1. The third-order valence-corrected chi connectivity index (χ3v) is 3.04. The molecule has 1 aromatic heterocycles. The lowest BCUT2D eigenvalue weighted by Gasteiger charge is -2.08. The maximum absolute atomic E-state index is 11.6. The van der Waals surface area contributed by atoms with Crippen molar-refractivity contribution in [2.45, 2.75) is 25.9 Å². The Hall–Kier alpha value is -2.34. The van der Waals surface area contributed by atoms with Gasteiger partial charge in [-0.1, -0.05) is 42.4 Å². The molecule has 112 valence electrons. The molecule has 21 heavy (non-hydrogen) atoms. The fraction of sp³-hybridized carbons (Fsp3) is 0.333. The van der Waals surface area contributed by atoms with E-state index in [1.807, 2.05) is 37.3 Å². The van der Waals surface area contributed by atoms with Crippen LogP contribution in [0.4, 0.5) is 10.6 Å². The van der Waals surface area contributed by atoms with Crippen molar-refractivity contribution in [1.82, 2.24) is 10.5 Å². The maximum atomic E-state index is 11.6. The quantitative estimate of drug-likeness (QED) is 0.763. The van der Waals surface area contributed by atoms with Gasteiger partial charge in [0.05, 0.1) is 6.10 Å². The summed E-state index contributed by atoms with van der Waals surface area (Å²) in [4.78, 5) is 11.6. The van der Waals surface area contributed by atoms with Gasteiger partial charge in [-0.2, -0.15) is 0 Å². The van der Waals surface area contributed by atoms with Crippen LogP contribution in [0.3, 0.4) is 0 Å². The number of amides is 2. The number of nitrogens with zero attached hydrogens (tertiary/aromatic N) is 1. The minimum atomic E-state index is -0.387. The Morgan fingerprint density at radius 2 is 2.14 bits per heavy atom. The van der Waals surface area contributed by atoms with Gasteiger partial charge in [-0.05, 0) is 12.8 Å². The van der Waals surface area contributed by atoms with Crippen LogP contribution in [-0.4, -0.2) is 28.9 Å². The first-order chi connectivity index (χ1) is 10.2. The SMILES string of the molecule is CCC(O)CCNC(=O)Nc1cc(-c2ccccc2)on1. The van der Waals surface area contributed by atoms with E-state index >= 15 is 0 Å². The summed E-state index contributed by atoms with van der Waals surface area (Å²) in [5.74, 6) is 0.940. The number of carbonyl (C=O) groups excluding carboxylic acids is 1. The van der Waals surface area contributed by atoms with Crippen molar-refractivity contribution in [2.75, 3.05) is 11.9 Å². The fourth-order valence-electron chi connectivity index (χ4n) is 1.79. The average Bonchev–Trinajstić information content (AvgIpc) is 2.96. The van der Waals surface area contributed by atoms with E-state index in [1.165, 1.54) is 0 Å². The van der Waals surface area contributed by atoms with Crippen molar-refractivity contribution in [3.05, 3.63) is 36.4 Å². The van der Waals surface area contributed by atoms with Crippen LogP contribution in [0, 0.1) is 0 Å². The van der Waals surface area contributed by atoms with Gasteiger partial charge in [-0.3, -0.25) is 5.32 Å². The topological polar surface area (TPSA) is 87.4 Å². The highest BCUT2D eigenvalue weighted by atomic mass is 16.5. The van der Waals surface area contributed by atoms with Crippen LogP contribution < -0.4 is 10.6 Å². The molecule has 0 fully saturated rings. The van der Waals surface area contributed by atoms with Gasteiger partial charge in [-0.25, -0.2) is 4.79 Å². The fourth-order valence-corrected chi connectivity index (χ4v) is 1.79. The lowest BCUT2D eigenvalue weighted by atomic mass is 10.2. The van der Waals surface area contributed by atoms with E-state index in [2.05, 4.69) is 15.8 Å². The Morgan fingerprint density at radius 1 is 1.38 bits per heavy atom. The Kier molecular flexibility index (Phi) is 5.34. The number of aromatic nitrogens is 1. The van der Waals surface area contributed by atoms with Gasteiger partial charge < -0.3 is 14.9 Å². The lowest BCUT2D eigenvalue weighted by molar-refractivity contribution is 0.160. The number of hydrogen-bond acceptors (Lipinski definition) is 4. The second kappa shape index (κ2) is 7.44. The molecule has 0 aliphatic rings. The van der Waals surface area contributed by atoms with E-state index in [9.17, 15) is 9.90 Å². The van der Waals surface area contributed by atoms with Gasteiger partial charge in [0.15, 0.2) is 11.6 Å². The summed E-state index contributed by atoms with van der Waals surface area (Å²) in [6.45, 7) is 2.30. The molecule has 0 saturated carbocycles. The zero-order chi connectivity index (χ0) is 15.1. The molecule has 6 nitrogen and oxygen atoms in total. The smallest absolute Gasteiger partial charge is 0.320 e.